The summed E-state index contributed by atoms with van der Waals surface area (Å²) in [5, 5.41) is 3.74. The number of aryl methyl sites for hydroxylation is 2. The van der Waals surface area contributed by atoms with Crippen molar-refractivity contribution >= 4 is 5.91 Å². The Labute approximate surface area is 229 Å². The van der Waals surface area contributed by atoms with E-state index >= 15 is 0 Å². The molecule has 11 heteroatoms. The van der Waals surface area contributed by atoms with Gasteiger partial charge < -0.3 is 14.2 Å². The number of pyridine rings is 1. The second-order valence-corrected chi connectivity index (χ2v) is 10.5. The van der Waals surface area contributed by atoms with Gasteiger partial charge in [-0.05, 0) is 67.0 Å². The maximum atomic E-state index is 14.2. The summed E-state index contributed by atoms with van der Waals surface area (Å²) >= 11 is 0. The number of amides is 1. The Bertz CT molecular complexity index is 1590. The van der Waals surface area contributed by atoms with Crippen molar-refractivity contribution < 1.29 is 22.7 Å². The van der Waals surface area contributed by atoms with E-state index < -0.39 is 11.9 Å². The second-order valence-electron chi connectivity index (χ2n) is 10.5. The number of aromatic nitrogens is 5. The molecule has 1 aliphatic carbocycles. The number of hydrogen-bond acceptors (Lipinski definition) is 5. The minimum atomic E-state index is -4.64. The molecular weight excluding hydrogens is 521 g/mol. The Morgan fingerprint density at radius 3 is 2.55 bits per heavy atom. The van der Waals surface area contributed by atoms with Crippen molar-refractivity contribution in [2.75, 3.05) is 13.7 Å². The highest BCUT2D eigenvalue weighted by molar-refractivity contribution is 5.99. The van der Waals surface area contributed by atoms with Gasteiger partial charge in [0.15, 0.2) is 5.69 Å². The van der Waals surface area contributed by atoms with E-state index in [0.29, 0.717) is 47.5 Å². The van der Waals surface area contributed by atoms with E-state index in [0.717, 1.165) is 24.4 Å². The molecule has 1 aliphatic heterocycles. The summed E-state index contributed by atoms with van der Waals surface area (Å²) < 4.78 is 50.6. The minimum absolute atomic E-state index is 0.0232. The molecule has 1 fully saturated rings. The van der Waals surface area contributed by atoms with Crippen LogP contribution in [-0.2, 0) is 26.2 Å². The first-order valence-electron chi connectivity index (χ1n) is 13.2. The minimum Gasteiger partial charge on any atom is -0.497 e. The number of hydrogen-bond donors (Lipinski definition) is 0. The number of ether oxygens (including phenoxy) is 1. The van der Waals surface area contributed by atoms with E-state index in [2.05, 4.69) is 15.1 Å². The first-order chi connectivity index (χ1) is 19.1. The zero-order valence-electron chi connectivity index (χ0n) is 22.4. The molecule has 4 aromatic rings. The van der Waals surface area contributed by atoms with Gasteiger partial charge in [-0.3, -0.25) is 14.5 Å². The molecule has 0 N–H and O–H groups in total. The Morgan fingerprint density at radius 2 is 1.88 bits per heavy atom. The summed E-state index contributed by atoms with van der Waals surface area (Å²) in [4.78, 5) is 24.9. The van der Waals surface area contributed by atoms with Crippen LogP contribution in [0.3, 0.4) is 0 Å². The van der Waals surface area contributed by atoms with Gasteiger partial charge in [0.1, 0.15) is 11.6 Å². The van der Waals surface area contributed by atoms with Crippen LogP contribution in [-0.4, -0.2) is 48.8 Å². The van der Waals surface area contributed by atoms with E-state index in [1.807, 2.05) is 34.7 Å². The Hall–Kier alpha value is -4.15. The van der Waals surface area contributed by atoms with Gasteiger partial charge in [0.2, 0.25) is 0 Å². The smallest absolute Gasteiger partial charge is 0.435 e. The number of rotatable bonds is 7. The number of alkyl halides is 3. The fraction of sp³-hybridized carbons (Fsp3) is 0.379. The van der Waals surface area contributed by atoms with Crippen LogP contribution in [0.15, 0.2) is 49.1 Å². The number of fused-ring (bicyclic) bond motifs is 1. The van der Waals surface area contributed by atoms with Gasteiger partial charge in [-0.15, -0.1) is 0 Å². The van der Waals surface area contributed by atoms with E-state index in [-0.39, 0.29) is 23.4 Å². The summed E-state index contributed by atoms with van der Waals surface area (Å²) in [5.41, 5.74) is 1.91. The average Bonchev–Trinajstić information content (AvgIpc) is 3.55. The molecule has 1 saturated carbocycles. The Balaban J connectivity index is 1.48. The summed E-state index contributed by atoms with van der Waals surface area (Å²) in [6.07, 6.45) is 4.29. The first-order valence-corrected chi connectivity index (χ1v) is 13.2. The lowest BCUT2D eigenvalue weighted by Crippen LogP contribution is -2.41. The summed E-state index contributed by atoms with van der Waals surface area (Å²) in [6.45, 7) is 2.60. The highest BCUT2D eigenvalue weighted by Crippen LogP contribution is 2.47. The highest BCUT2D eigenvalue weighted by atomic mass is 19.4. The van der Waals surface area contributed by atoms with Gasteiger partial charge in [-0.2, -0.15) is 18.3 Å². The lowest BCUT2D eigenvalue weighted by molar-refractivity contribution is -0.140. The molecule has 0 saturated heterocycles. The second kappa shape index (κ2) is 9.79. The lowest BCUT2D eigenvalue weighted by Gasteiger charge is -2.36. The van der Waals surface area contributed by atoms with E-state index in [9.17, 15) is 18.0 Å². The van der Waals surface area contributed by atoms with E-state index in [1.54, 1.807) is 31.6 Å². The zero-order valence-corrected chi connectivity index (χ0v) is 22.4. The standard InChI is InChI=1S/C29H29F3N6O2/c1-17-33-9-11-37(17)15-18-12-22(24-16-36(2)35-27(24)29(30,31)32)21-7-10-38(28(39)23(21)13-18)26(19-4-5-19)25-14-20(40-3)6-8-34-25/h6,8-9,11-14,16,19,26H,4-5,7,10,15H2,1-3H3/t26-/m0/s1. The number of carbonyl (C=O) groups is 1. The molecule has 8 nitrogen and oxygen atoms in total. The average molecular weight is 551 g/mol. The third-order valence-corrected chi connectivity index (χ3v) is 7.76. The molecule has 0 bridgehead atoms. The predicted molar refractivity (Wildman–Crippen MR) is 141 cm³/mol. The summed E-state index contributed by atoms with van der Waals surface area (Å²) in [6, 6.07) is 6.97. The van der Waals surface area contributed by atoms with Gasteiger partial charge in [-0.1, -0.05) is 0 Å². The van der Waals surface area contributed by atoms with Gasteiger partial charge in [-0.25, -0.2) is 4.98 Å². The van der Waals surface area contributed by atoms with Crippen LogP contribution in [0.2, 0.25) is 0 Å². The summed E-state index contributed by atoms with van der Waals surface area (Å²) in [5.74, 6) is 1.50. The van der Waals surface area contributed by atoms with Gasteiger partial charge in [0.25, 0.3) is 5.91 Å². The van der Waals surface area contributed by atoms with Crippen molar-refractivity contribution in [3.05, 3.63) is 83.0 Å². The zero-order chi connectivity index (χ0) is 28.2. The maximum Gasteiger partial charge on any atom is 0.435 e. The number of carbonyl (C=O) groups excluding carboxylic acids is 1. The maximum absolute atomic E-state index is 14.2. The molecule has 1 atom stereocenters. The van der Waals surface area contributed by atoms with Crippen molar-refractivity contribution in [2.24, 2.45) is 13.0 Å². The van der Waals surface area contributed by atoms with Crippen LogP contribution >= 0.6 is 0 Å². The van der Waals surface area contributed by atoms with Crippen LogP contribution < -0.4 is 4.74 Å². The first kappa shape index (κ1) is 26.1. The number of imidazole rings is 1. The molecule has 2 aliphatic rings. The third kappa shape index (κ3) is 4.73. The van der Waals surface area contributed by atoms with Crippen LogP contribution in [0.25, 0.3) is 11.1 Å². The van der Waals surface area contributed by atoms with Gasteiger partial charge in [0.05, 0.1) is 18.8 Å². The molecule has 1 aromatic carbocycles. The van der Waals surface area contributed by atoms with Crippen LogP contribution in [0, 0.1) is 12.8 Å². The largest absolute Gasteiger partial charge is 0.497 e. The van der Waals surface area contributed by atoms with Crippen molar-refractivity contribution in [2.45, 2.75) is 44.9 Å². The monoisotopic (exact) mass is 550 g/mol. The molecule has 4 heterocycles. The lowest BCUT2D eigenvalue weighted by atomic mass is 9.87. The van der Waals surface area contributed by atoms with Crippen molar-refractivity contribution in [1.82, 2.24) is 29.2 Å². The molecule has 0 radical (unpaired) electrons. The molecule has 208 valence electrons. The molecule has 6 rings (SSSR count). The number of halogens is 3. The Morgan fingerprint density at radius 1 is 1.10 bits per heavy atom. The van der Waals surface area contributed by atoms with Crippen molar-refractivity contribution in [3.63, 3.8) is 0 Å². The highest BCUT2D eigenvalue weighted by Gasteiger charge is 2.43. The SMILES string of the molecule is COc1ccnc([C@H](C2CC2)N2CCc3c(cc(Cn4ccnc4C)cc3-c3cn(C)nc3C(F)(F)F)C2=O)c1. The van der Waals surface area contributed by atoms with E-state index in [1.165, 1.54) is 17.9 Å². The molecule has 3 aromatic heterocycles. The Kier molecular flexibility index (Phi) is 6.39. The van der Waals surface area contributed by atoms with Crippen LogP contribution in [0.4, 0.5) is 13.2 Å². The number of methoxy groups -OCH3 is 1. The predicted octanol–water partition coefficient (Wildman–Crippen LogP) is 5.21. The third-order valence-electron chi connectivity index (χ3n) is 7.76. The number of nitrogens with zero attached hydrogens (tertiary/aromatic N) is 6. The van der Waals surface area contributed by atoms with Crippen LogP contribution in [0.1, 0.15) is 57.6 Å². The molecule has 0 unspecified atom stereocenters. The van der Waals surface area contributed by atoms with Gasteiger partial charge in [0, 0.05) is 62.1 Å². The quantitative estimate of drug-likeness (QED) is 0.316. The van der Waals surface area contributed by atoms with Crippen molar-refractivity contribution in [3.8, 4) is 16.9 Å². The topological polar surface area (TPSA) is 78.1 Å². The fourth-order valence-electron chi connectivity index (χ4n) is 5.72. The van der Waals surface area contributed by atoms with Gasteiger partial charge >= 0.3 is 6.18 Å². The number of benzene rings is 1. The molecule has 0 spiro atoms. The molecule has 1 amide bonds. The normalized spacial score (nSPS) is 16.2. The summed E-state index contributed by atoms with van der Waals surface area (Å²) in [7, 11) is 3.06. The molecule has 40 heavy (non-hydrogen) atoms. The van der Waals surface area contributed by atoms with Crippen molar-refractivity contribution in [1.29, 1.82) is 0 Å². The van der Waals surface area contributed by atoms with E-state index in [4.69, 9.17) is 4.74 Å². The fourth-order valence-corrected chi connectivity index (χ4v) is 5.72. The molecular formula is C29H29F3N6O2. The van der Waals surface area contributed by atoms with Crippen LogP contribution in [0.5, 0.6) is 5.75 Å².